The third-order valence-electron chi connectivity index (χ3n) is 5.81. The van der Waals surface area contributed by atoms with Gasteiger partial charge in [-0.2, -0.15) is 0 Å². The fourth-order valence-electron chi connectivity index (χ4n) is 4.52. The van der Waals surface area contributed by atoms with Crippen molar-refractivity contribution in [3.05, 3.63) is 41.7 Å². The van der Waals surface area contributed by atoms with Gasteiger partial charge in [0.15, 0.2) is 5.82 Å². The Bertz CT molecular complexity index is 941. The van der Waals surface area contributed by atoms with Crippen molar-refractivity contribution in [2.45, 2.75) is 58.0 Å². The van der Waals surface area contributed by atoms with Crippen molar-refractivity contribution in [2.75, 3.05) is 11.4 Å². The molecule has 4 heterocycles. The predicted octanol–water partition coefficient (Wildman–Crippen LogP) is 3.60. The summed E-state index contributed by atoms with van der Waals surface area (Å²) >= 11 is 0. The molecule has 1 fully saturated rings. The summed E-state index contributed by atoms with van der Waals surface area (Å²) in [6.07, 6.45) is 8.74. The van der Waals surface area contributed by atoms with Gasteiger partial charge in [-0.05, 0) is 44.2 Å². The first-order valence-electron chi connectivity index (χ1n) is 9.72. The average Bonchev–Trinajstić information content (AvgIpc) is 3.22. The molecule has 26 heavy (non-hydrogen) atoms. The SMILES string of the molecule is Cc1cccc2ncnc(N3CCCC3c3nnc4n3CCCCC4)c12. The van der Waals surface area contributed by atoms with Gasteiger partial charge in [0.2, 0.25) is 0 Å². The highest BCUT2D eigenvalue weighted by Gasteiger charge is 2.33. The van der Waals surface area contributed by atoms with Crippen LogP contribution in [0.25, 0.3) is 10.9 Å². The molecule has 0 N–H and O–H groups in total. The monoisotopic (exact) mass is 348 g/mol. The average molecular weight is 348 g/mol. The van der Waals surface area contributed by atoms with Gasteiger partial charge in [-0.15, -0.1) is 10.2 Å². The maximum atomic E-state index is 4.70. The Hall–Kier alpha value is -2.50. The molecule has 6 nitrogen and oxygen atoms in total. The van der Waals surface area contributed by atoms with Crippen molar-refractivity contribution >= 4 is 16.7 Å². The largest absolute Gasteiger partial charge is 0.346 e. The maximum absolute atomic E-state index is 4.70. The molecule has 0 spiro atoms. The van der Waals surface area contributed by atoms with Crippen LogP contribution in [0.5, 0.6) is 0 Å². The molecule has 0 saturated carbocycles. The molecule has 0 amide bonds. The summed E-state index contributed by atoms with van der Waals surface area (Å²) in [4.78, 5) is 11.6. The van der Waals surface area contributed by atoms with Crippen molar-refractivity contribution in [3.8, 4) is 0 Å². The van der Waals surface area contributed by atoms with E-state index in [0.29, 0.717) is 0 Å². The van der Waals surface area contributed by atoms with Crippen LogP contribution >= 0.6 is 0 Å². The smallest absolute Gasteiger partial charge is 0.155 e. The van der Waals surface area contributed by atoms with Gasteiger partial charge in [0.25, 0.3) is 0 Å². The zero-order valence-corrected chi connectivity index (χ0v) is 15.2. The standard InChI is InChI=1S/C20H24N6/c1-14-7-5-8-15-18(14)20(22-13-21-15)25-12-6-9-16(25)19-24-23-17-10-3-2-4-11-26(17)19/h5,7-8,13,16H,2-4,6,9-12H2,1H3. The number of rotatable bonds is 2. The lowest BCUT2D eigenvalue weighted by molar-refractivity contribution is 0.558. The lowest BCUT2D eigenvalue weighted by Crippen LogP contribution is -2.27. The third-order valence-corrected chi connectivity index (χ3v) is 5.81. The molecule has 3 aromatic rings. The number of aryl methyl sites for hydroxylation is 2. The number of fused-ring (bicyclic) bond motifs is 2. The number of nitrogens with zero attached hydrogens (tertiary/aromatic N) is 6. The van der Waals surface area contributed by atoms with Crippen molar-refractivity contribution < 1.29 is 0 Å². The van der Waals surface area contributed by atoms with E-state index in [-0.39, 0.29) is 6.04 Å². The molecule has 134 valence electrons. The molecule has 5 rings (SSSR count). The minimum atomic E-state index is 0.257. The van der Waals surface area contributed by atoms with Crippen LogP contribution in [0, 0.1) is 6.92 Å². The van der Waals surface area contributed by atoms with Crippen LogP contribution in [0.15, 0.2) is 24.5 Å². The zero-order valence-electron chi connectivity index (χ0n) is 15.2. The third kappa shape index (κ3) is 2.47. The zero-order chi connectivity index (χ0) is 17.5. The molecule has 2 aliphatic heterocycles. The van der Waals surface area contributed by atoms with E-state index in [9.17, 15) is 0 Å². The number of benzene rings is 1. The Balaban J connectivity index is 1.60. The van der Waals surface area contributed by atoms with Crippen molar-refractivity contribution in [1.29, 1.82) is 0 Å². The van der Waals surface area contributed by atoms with Crippen LogP contribution in [0.2, 0.25) is 0 Å². The molecule has 1 saturated heterocycles. The molecule has 2 aromatic heterocycles. The van der Waals surface area contributed by atoms with Gasteiger partial charge in [-0.25, -0.2) is 9.97 Å². The molecule has 1 atom stereocenters. The summed E-state index contributed by atoms with van der Waals surface area (Å²) in [5.41, 5.74) is 2.24. The Morgan fingerprint density at radius 3 is 2.92 bits per heavy atom. The minimum Gasteiger partial charge on any atom is -0.346 e. The van der Waals surface area contributed by atoms with E-state index >= 15 is 0 Å². The van der Waals surface area contributed by atoms with Gasteiger partial charge in [-0.1, -0.05) is 18.6 Å². The molecule has 0 aliphatic carbocycles. The summed E-state index contributed by atoms with van der Waals surface area (Å²) in [5, 5.41) is 10.3. The first-order valence-corrected chi connectivity index (χ1v) is 9.72. The van der Waals surface area contributed by atoms with Gasteiger partial charge in [0.1, 0.15) is 18.0 Å². The normalized spacial score (nSPS) is 20.3. The Morgan fingerprint density at radius 1 is 1.00 bits per heavy atom. The van der Waals surface area contributed by atoms with E-state index < -0.39 is 0 Å². The minimum absolute atomic E-state index is 0.257. The number of hydrogen-bond acceptors (Lipinski definition) is 5. The fourth-order valence-corrected chi connectivity index (χ4v) is 4.52. The van der Waals surface area contributed by atoms with Crippen molar-refractivity contribution in [3.63, 3.8) is 0 Å². The second-order valence-corrected chi connectivity index (χ2v) is 7.45. The Labute approximate surface area is 153 Å². The van der Waals surface area contributed by atoms with Crippen LogP contribution in [0.1, 0.15) is 55.4 Å². The summed E-state index contributed by atoms with van der Waals surface area (Å²) in [6, 6.07) is 6.53. The molecular weight excluding hydrogens is 324 g/mol. The van der Waals surface area contributed by atoms with E-state index in [2.05, 4.69) is 49.8 Å². The lowest BCUT2D eigenvalue weighted by Gasteiger charge is -2.27. The first-order chi connectivity index (χ1) is 12.8. The fraction of sp³-hybridized carbons (Fsp3) is 0.500. The van der Waals surface area contributed by atoms with Crippen LogP contribution < -0.4 is 4.90 Å². The van der Waals surface area contributed by atoms with Gasteiger partial charge in [0, 0.05) is 24.9 Å². The Morgan fingerprint density at radius 2 is 1.96 bits per heavy atom. The van der Waals surface area contributed by atoms with E-state index in [4.69, 9.17) is 4.98 Å². The maximum Gasteiger partial charge on any atom is 0.155 e. The summed E-state index contributed by atoms with van der Waals surface area (Å²) in [7, 11) is 0. The van der Waals surface area contributed by atoms with Gasteiger partial charge in [-0.3, -0.25) is 0 Å². The van der Waals surface area contributed by atoms with Gasteiger partial charge < -0.3 is 9.47 Å². The molecule has 0 radical (unpaired) electrons. The second-order valence-electron chi connectivity index (χ2n) is 7.45. The first kappa shape index (κ1) is 15.7. The lowest BCUT2D eigenvalue weighted by atomic mass is 10.1. The molecular formula is C20H24N6. The number of hydrogen-bond donors (Lipinski definition) is 0. The number of aromatic nitrogens is 5. The van der Waals surface area contributed by atoms with Crippen LogP contribution in [0.4, 0.5) is 5.82 Å². The highest BCUT2D eigenvalue weighted by Crippen LogP contribution is 2.38. The number of anilines is 1. The van der Waals surface area contributed by atoms with Gasteiger partial charge in [0.05, 0.1) is 11.6 Å². The molecule has 1 aromatic carbocycles. The molecule has 1 unspecified atom stereocenters. The summed E-state index contributed by atoms with van der Waals surface area (Å²) in [6.45, 7) is 4.20. The van der Waals surface area contributed by atoms with E-state index in [1.165, 1.54) is 24.8 Å². The molecule has 2 aliphatic rings. The molecule has 6 heteroatoms. The van der Waals surface area contributed by atoms with Crippen molar-refractivity contribution in [2.24, 2.45) is 0 Å². The van der Waals surface area contributed by atoms with Crippen LogP contribution in [0.3, 0.4) is 0 Å². The van der Waals surface area contributed by atoms with Crippen molar-refractivity contribution in [1.82, 2.24) is 24.7 Å². The Kier molecular flexibility index (Phi) is 3.84. The van der Waals surface area contributed by atoms with Crippen LogP contribution in [-0.2, 0) is 13.0 Å². The highest BCUT2D eigenvalue weighted by molar-refractivity contribution is 5.92. The summed E-state index contributed by atoms with van der Waals surface area (Å²) < 4.78 is 2.38. The van der Waals surface area contributed by atoms with E-state index in [1.54, 1.807) is 6.33 Å². The second kappa shape index (κ2) is 6.34. The van der Waals surface area contributed by atoms with E-state index in [1.807, 2.05) is 0 Å². The quantitative estimate of drug-likeness (QED) is 0.708. The van der Waals surface area contributed by atoms with E-state index in [0.717, 1.165) is 60.7 Å². The summed E-state index contributed by atoms with van der Waals surface area (Å²) in [5.74, 6) is 3.33. The van der Waals surface area contributed by atoms with Crippen LogP contribution in [-0.4, -0.2) is 31.3 Å². The van der Waals surface area contributed by atoms with Gasteiger partial charge >= 0.3 is 0 Å². The molecule has 0 bridgehead atoms. The topological polar surface area (TPSA) is 59.7 Å². The highest BCUT2D eigenvalue weighted by atomic mass is 15.3. The predicted molar refractivity (Wildman–Crippen MR) is 101 cm³/mol.